The summed E-state index contributed by atoms with van der Waals surface area (Å²) in [5, 5.41) is 3.21. The summed E-state index contributed by atoms with van der Waals surface area (Å²) >= 11 is 0. The van der Waals surface area contributed by atoms with Crippen molar-refractivity contribution in [2.75, 3.05) is 45.5 Å². The van der Waals surface area contributed by atoms with Crippen LogP contribution in [0.2, 0.25) is 0 Å². The van der Waals surface area contributed by atoms with Crippen LogP contribution in [0, 0.1) is 0 Å². The van der Waals surface area contributed by atoms with Gasteiger partial charge in [-0.3, -0.25) is 4.72 Å². The van der Waals surface area contributed by atoms with E-state index in [2.05, 4.69) is 10.0 Å². The van der Waals surface area contributed by atoms with E-state index in [1.54, 1.807) is 57.7 Å². The van der Waals surface area contributed by atoms with Crippen molar-refractivity contribution in [1.82, 2.24) is 4.31 Å². The molecule has 0 spiro atoms. The van der Waals surface area contributed by atoms with Gasteiger partial charge in [0.15, 0.2) is 11.5 Å². The number of rotatable bonds is 8. The van der Waals surface area contributed by atoms with Gasteiger partial charge in [-0.1, -0.05) is 0 Å². The zero-order chi connectivity index (χ0) is 19.3. The third-order valence-corrected chi connectivity index (χ3v) is 5.02. The Labute approximate surface area is 153 Å². The lowest BCUT2D eigenvalue weighted by atomic mass is 10.2. The molecule has 9 heteroatoms. The van der Waals surface area contributed by atoms with Crippen molar-refractivity contribution in [1.29, 1.82) is 0 Å². The summed E-state index contributed by atoms with van der Waals surface area (Å²) in [5.41, 5.74) is 1.97. The molecule has 26 heavy (non-hydrogen) atoms. The van der Waals surface area contributed by atoms with Crippen LogP contribution in [0.25, 0.3) is 0 Å². The van der Waals surface area contributed by atoms with E-state index in [1.807, 2.05) is 0 Å². The largest absolute Gasteiger partial charge is 0.493 e. The first-order chi connectivity index (χ1) is 12.3. The zero-order valence-corrected chi connectivity index (χ0v) is 16.2. The second-order valence-corrected chi connectivity index (χ2v) is 7.39. The number of nitrogens with zero attached hydrogens (tertiary/aromatic N) is 1. The summed E-state index contributed by atoms with van der Waals surface area (Å²) in [4.78, 5) is 0. The maximum Gasteiger partial charge on any atom is 0.301 e. The number of anilines is 3. The van der Waals surface area contributed by atoms with Crippen molar-refractivity contribution < 1.29 is 22.6 Å². The van der Waals surface area contributed by atoms with E-state index in [-0.39, 0.29) is 0 Å². The minimum absolute atomic E-state index is 0.467. The van der Waals surface area contributed by atoms with Gasteiger partial charge in [0, 0.05) is 43.3 Å². The van der Waals surface area contributed by atoms with E-state index in [9.17, 15) is 8.42 Å². The summed E-state index contributed by atoms with van der Waals surface area (Å²) < 4.78 is 43.2. The van der Waals surface area contributed by atoms with Crippen LogP contribution in [0.5, 0.6) is 17.2 Å². The first-order valence-electron chi connectivity index (χ1n) is 7.68. The average Bonchev–Trinajstić information content (AvgIpc) is 2.62. The van der Waals surface area contributed by atoms with Gasteiger partial charge in [-0.2, -0.15) is 12.7 Å². The third kappa shape index (κ3) is 4.50. The molecule has 2 rings (SSSR count). The molecule has 0 aliphatic carbocycles. The second kappa shape index (κ2) is 8.15. The van der Waals surface area contributed by atoms with Crippen molar-refractivity contribution in [3.8, 4) is 17.2 Å². The molecule has 0 saturated heterocycles. The van der Waals surface area contributed by atoms with Crippen LogP contribution in [0.1, 0.15) is 0 Å². The molecular weight excluding hydrogens is 358 g/mol. The first-order valence-corrected chi connectivity index (χ1v) is 9.12. The van der Waals surface area contributed by atoms with Crippen LogP contribution in [-0.4, -0.2) is 48.1 Å². The first kappa shape index (κ1) is 19.7. The average molecular weight is 381 g/mol. The molecule has 0 radical (unpaired) electrons. The highest BCUT2D eigenvalue weighted by atomic mass is 32.2. The van der Waals surface area contributed by atoms with Gasteiger partial charge in [-0.25, -0.2) is 0 Å². The van der Waals surface area contributed by atoms with Crippen LogP contribution in [-0.2, 0) is 10.2 Å². The number of benzene rings is 2. The highest BCUT2D eigenvalue weighted by Gasteiger charge is 2.14. The minimum atomic E-state index is -3.53. The molecule has 142 valence electrons. The molecule has 0 fully saturated rings. The van der Waals surface area contributed by atoms with Crippen LogP contribution in [0.3, 0.4) is 0 Å². The molecule has 0 aliphatic rings. The molecule has 2 N–H and O–H groups in total. The molecule has 0 aromatic heterocycles. The Morgan fingerprint density at radius 3 is 1.73 bits per heavy atom. The van der Waals surface area contributed by atoms with Crippen molar-refractivity contribution in [2.24, 2.45) is 0 Å². The van der Waals surface area contributed by atoms with E-state index in [0.717, 1.165) is 15.7 Å². The van der Waals surface area contributed by atoms with Crippen molar-refractivity contribution in [3.05, 3.63) is 36.4 Å². The van der Waals surface area contributed by atoms with E-state index in [4.69, 9.17) is 14.2 Å². The summed E-state index contributed by atoms with van der Waals surface area (Å²) in [7, 11) is 4.03. The number of ether oxygens (including phenoxy) is 3. The maximum absolute atomic E-state index is 11.8. The van der Waals surface area contributed by atoms with E-state index in [1.165, 1.54) is 14.1 Å². The number of hydrogen-bond donors (Lipinski definition) is 2. The fourth-order valence-corrected chi connectivity index (χ4v) is 2.80. The van der Waals surface area contributed by atoms with E-state index in [0.29, 0.717) is 22.9 Å². The van der Waals surface area contributed by atoms with Crippen LogP contribution >= 0.6 is 0 Å². The maximum atomic E-state index is 11.8. The number of methoxy groups -OCH3 is 3. The van der Waals surface area contributed by atoms with Crippen LogP contribution < -0.4 is 24.2 Å². The molecule has 0 bridgehead atoms. The van der Waals surface area contributed by atoms with Gasteiger partial charge in [0.25, 0.3) is 0 Å². The Bertz CT molecular complexity index is 826. The van der Waals surface area contributed by atoms with Gasteiger partial charge < -0.3 is 19.5 Å². The minimum Gasteiger partial charge on any atom is -0.493 e. The lowest BCUT2D eigenvalue weighted by Crippen LogP contribution is -2.28. The third-order valence-electron chi connectivity index (χ3n) is 3.57. The highest BCUT2D eigenvalue weighted by molar-refractivity contribution is 7.90. The fourth-order valence-electron chi connectivity index (χ4n) is 2.18. The predicted octanol–water partition coefficient (Wildman–Crippen LogP) is 2.67. The molecule has 0 amide bonds. The molecule has 8 nitrogen and oxygen atoms in total. The standard InChI is InChI=1S/C17H23N3O5S/c1-20(2)26(21,22)19-13-8-6-12(7-9-13)18-14-10-15(23-3)17(25-5)16(11-14)24-4/h6-11,18-19H,1-5H3. The molecule has 0 aliphatic heterocycles. The lowest BCUT2D eigenvalue weighted by Gasteiger charge is -2.16. The zero-order valence-electron chi connectivity index (χ0n) is 15.4. The normalized spacial score (nSPS) is 11.2. The molecule has 0 saturated carbocycles. The molecule has 2 aromatic rings. The van der Waals surface area contributed by atoms with Gasteiger partial charge in [0.05, 0.1) is 21.3 Å². The van der Waals surface area contributed by atoms with Gasteiger partial charge in [0.1, 0.15) is 0 Å². The summed E-state index contributed by atoms with van der Waals surface area (Å²) in [6.45, 7) is 0. The quantitative estimate of drug-likeness (QED) is 0.731. The Balaban J connectivity index is 2.21. The monoisotopic (exact) mass is 381 g/mol. The Kier molecular flexibility index (Phi) is 6.17. The van der Waals surface area contributed by atoms with E-state index < -0.39 is 10.2 Å². The molecular formula is C17H23N3O5S. The second-order valence-electron chi connectivity index (χ2n) is 5.51. The molecule has 0 unspecified atom stereocenters. The Morgan fingerprint density at radius 1 is 0.808 bits per heavy atom. The predicted molar refractivity (Wildman–Crippen MR) is 102 cm³/mol. The van der Waals surface area contributed by atoms with Crippen LogP contribution in [0.4, 0.5) is 17.1 Å². The number of nitrogens with one attached hydrogen (secondary N) is 2. The van der Waals surface area contributed by atoms with Gasteiger partial charge in [-0.05, 0) is 24.3 Å². The molecule has 0 heterocycles. The summed E-state index contributed by atoms with van der Waals surface area (Å²) in [6.07, 6.45) is 0. The summed E-state index contributed by atoms with van der Waals surface area (Å²) in [6, 6.07) is 10.4. The topological polar surface area (TPSA) is 89.1 Å². The van der Waals surface area contributed by atoms with Crippen molar-refractivity contribution in [2.45, 2.75) is 0 Å². The smallest absolute Gasteiger partial charge is 0.301 e. The summed E-state index contributed by atoms with van der Waals surface area (Å²) in [5.74, 6) is 1.57. The van der Waals surface area contributed by atoms with Crippen molar-refractivity contribution >= 4 is 27.3 Å². The molecule has 2 aromatic carbocycles. The fraction of sp³-hybridized carbons (Fsp3) is 0.294. The van der Waals surface area contributed by atoms with E-state index >= 15 is 0 Å². The highest BCUT2D eigenvalue weighted by Crippen LogP contribution is 2.40. The number of hydrogen-bond acceptors (Lipinski definition) is 6. The van der Waals surface area contributed by atoms with Gasteiger partial charge in [-0.15, -0.1) is 0 Å². The van der Waals surface area contributed by atoms with Crippen molar-refractivity contribution in [3.63, 3.8) is 0 Å². The Hall–Kier alpha value is -2.65. The van der Waals surface area contributed by atoms with Gasteiger partial charge in [0.2, 0.25) is 5.75 Å². The molecule has 0 atom stereocenters. The van der Waals surface area contributed by atoms with Gasteiger partial charge >= 0.3 is 10.2 Å². The van der Waals surface area contributed by atoms with Crippen LogP contribution in [0.15, 0.2) is 36.4 Å². The lowest BCUT2D eigenvalue weighted by molar-refractivity contribution is 0.324. The SMILES string of the molecule is COc1cc(Nc2ccc(NS(=O)(=O)N(C)C)cc2)cc(OC)c1OC. The Morgan fingerprint density at radius 2 is 1.31 bits per heavy atom.